The predicted molar refractivity (Wildman–Crippen MR) is 173 cm³/mol. The molecule has 12 heteroatoms. The fraction of sp³-hybridized carbons (Fsp3) is 0.200. The van der Waals surface area contributed by atoms with E-state index in [2.05, 4.69) is 0 Å². The van der Waals surface area contributed by atoms with Crippen LogP contribution in [0.15, 0.2) is 107 Å². The van der Waals surface area contributed by atoms with Crippen molar-refractivity contribution in [1.29, 1.82) is 5.26 Å². The van der Waals surface area contributed by atoms with E-state index in [0.717, 1.165) is 10.6 Å². The lowest BCUT2D eigenvalue weighted by atomic mass is 9.93. The maximum atomic E-state index is 13.9. The van der Waals surface area contributed by atoms with Crippen LogP contribution in [0.4, 0.5) is 0 Å². The van der Waals surface area contributed by atoms with Crippen LogP contribution in [0.25, 0.3) is 23.0 Å². The molecule has 4 aromatic rings. The zero-order valence-corrected chi connectivity index (χ0v) is 26.6. The van der Waals surface area contributed by atoms with Crippen LogP contribution in [0.3, 0.4) is 0 Å². The maximum Gasteiger partial charge on any atom is 0.271 e. The van der Waals surface area contributed by atoms with Gasteiger partial charge in [0.05, 0.1) is 43.1 Å². The summed E-state index contributed by atoms with van der Waals surface area (Å²) in [7, 11) is -2.16. The highest BCUT2D eigenvalue weighted by Crippen LogP contribution is 2.32. The molecule has 2 amide bonds. The topological polar surface area (TPSA) is 135 Å². The highest BCUT2D eigenvalue weighted by Gasteiger charge is 2.36. The first-order valence-electron chi connectivity index (χ1n) is 14.9. The second-order valence-corrected chi connectivity index (χ2v) is 12.9. The first-order chi connectivity index (χ1) is 22.7. The lowest BCUT2D eigenvalue weighted by Crippen LogP contribution is -2.42. The van der Waals surface area contributed by atoms with Gasteiger partial charge >= 0.3 is 0 Å². The number of amides is 2. The lowest BCUT2D eigenvalue weighted by Gasteiger charge is -2.27. The van der Waals surface area contributed by atoms with Crippen LogP contribution in [0.2, 0.25) is 0 Å². The molecule has 0 radical (unpaired) electrons. The number of hydrogen-bond donors (Lipinski definition) is 0. The number of methoxy groups -OCH3 is 1. The van der Waals surface area contributed by atoms with Crippen LogP contribution in [0.5, 0.6) is 5.75 Å². The van der Waals surface area contributed by atoms with Crippen molar-refractivity contribution in [3.05, 3.63) is 113 Å². The van der Waals surface area contributed by atoms with Gasteiger partial charge in [0, 0.05) is 36.0 Å². The summed E-state index contributed by atoms with van der Waals surface area (Å²) in [6.45, 7) is 2.80. The number of ether oxygens (including phenoxy) is 2. The third kappa shape index (κ3) is 6.24. The van der Waals surface area contributed by atoms with Crippen LogP contribution in [0, 0.1) is 11.3 Å². The Morgan fingerprint density at radius 1 is 0.957 bits per heavy atom. The van der Waals surface area contributed by atoms with E-state index in [1.54, 1.807) is 79.5 Å². The van der Waals surface area contributed by atoms with Crippen LogP contribution >= 0.6 is 0 Å². The van der Waals surface area contributed by atoms with Gasteiger partial charge in [-0.15, -0.1) is 0 Å². The normalized spacial score (nSPS) is 16.9. The monoisotopic (exact) mass is 649 g/mol. The van der Waals surface area contributed by atoms with E-state index >= 15 is 0 Å². The second-order valence-electron chi connectivity index (χ2n) is 11.0. The highest BCUT2D eigenvalue weighted by molar-refractivity contribution is 7.89. The summed E-state index contributed by atoms with van der Waals surface area (Å²) in [5.74, 6) is -0.582. The Hall–Kier alpha value is -5.35. The van der Waals surface area contributed by atoms with Crippen molar-refractivity contribution in [2.45, 2.75) is 18.4 Å². The molecule has 238 valence electrons. The van der Waals surface area contributed by atoms with Gasteiger partial charge in [-0.05, 0) is 60.5 Å². The maximum absolute atomic E-state index is 13.9. The molecule has 1 aromatic heterocycles. The number of morpholine rings is 1. The molecule has 2 aliphatic heterocycles. The molecule has 1 saturated heterocycles. The molecule has 11 nitrogen and oxygen atoms in total. The summed E-state index contributed by atoms with van der Waals surface area (Å²) in [6.07, 6.45) is 3.38. The van der Waals surface area contributed by atoms with Gasteiger partial charge in [-0.25, -0.2) is 13.1 Å². The zero-order valence-electron chi connectivity index (χ0n) is 25.8. The molecule has 0 bridgehead atoms. The molecule has 0 saturated carbocycles. The van der Waals surface area contributed by atoms with Gasteiger partial charge in [0.2, 0.25) is 10.0 Å². The van der Waals surface area contributed by atoms with Crippen molar-refractivity contribution in [2.24, 2.45) is 0 Å². The summed E-state index contributed by atoms with van der Waals surface area (Å²) in [4.78, 5) is 28.4. The minimum absolute atomic E-state index is 0.0350. The molecule has 47 heavy (non-hydrogen) atoms. The van der Waals surface area contributed by atoms with E-state index in [1.807, 2.05) is 36.4 Å². The Bertz CT molecular complexity index is 2040. The number of carbonyl (C=O) groups excluding carboxylic acids is 2. The zero-order chi connectivity index (χ0) is 33.1. The fourth-order valence-electron chi connectivity index (χ4n) is 5.49. The van der Waals surface area contributed by atoms with Crippen molar-refractivity contribution in [3.8, 4) is 28.8 Å². The van der Waals surface area contributed by atoms with Crippen molar-refractivity contribution in [3.63, 3.8) is 0 Å². The molecule has 3 aromatic carbocycles. The van der Waals surface area contributed by atoms with E-state index in [-0.39, 0.29) is 41.2 Å². The SMILES string of the molecule is COc1ccc(CN2C(=O)C(C#N)=C(C)/C(=C\c3cn(-c4ccccc4)nc3-c3ccc(S(=O)(=O)N4CCOCC4)cc3)C2=O)cc1. The van der Waals surface area contributed by atoms with E-state index in [9.17, 15) is 23.3 Å². The number of imide groups is 1. The number of sulfonamides is 1. The number of nitrogens with zero attached hydrogens (tertiary/aromatic N) is 5. The van der Waals surface area contributed by atoms with Crippen molar-refractivity contribution < 1.29 is 27.5 Å². The van der Waals surface area contributed by atoms with Crippen LogP contribution in [-0.4, -0.2) is 72.6 Å². The second kappa shape index (κ2) is 13.2. The molecule has 1 fully saturated rings. The van der Waals surface area contributed by atoms with Gasteiger partial charge in [0.1, 0.15) is 17.4 Å². The van der Waals surface area contributed by atoms with Gasteiger partial charge in [-0.2, -0.15) is 14.7 Å². The smallest absolute Gasteiger partial charge is 0.271 e. The van der Waals surface area contributed by atoms with Gasteiger partial charge in [0.25, 0.3) is 11.8 Å². The van der Waals surface area contributed by atoms with E-state index in [1.165, 1.54) is 4.31 Å². The quantitative estimate of drug-likeness (QED) is 0.203. The Balaban J connectivity index is 1.42. The summed E-state index contributed by atoms with van der Waals surface area (Å²) in [6, 6.07) is 24.8. The number of nitriles is 1. The number of hydrogen-bond acceptors (Lipinski definition) is 8. The Morgan fingerprint density at radius 2 is 1.64 bits per heavy atom. The predicted octanol–water partition coefficient (Wildman–Crippen LogP) is 4.36. The summed E-state index contributed by atoms with van der Waals surface area (Å²) >= 11 is 0. The van der Waals surface area contributed by atoms with E-state index in [0.29, 0.717) is 41.3 Å². The molecule has 0 unspecified atom stereocenters. The highest BCUT2D eigenvalue weighted by atomic mass is 32.2. The van der Waals surface area contributed by atoms with Crippen LogP contribution in [0.1, 0.15) is 18.1 Å². The van der Waals surface area contributed by atoms with Gasteiger partial charge in [0.15, 0.2) is 0 Å². The van der Waals surface area contributed by atoms with Gasteiger partial charge < -0.3 is 9.47 Å². The van der Waals surface area contributed by atoms with Crippen LogP contribution < -0.4 is 4.74 Å². The first-order valence-corrected chi connectivity index (χ1v) is 16.3. The minimum atomic E-state index is -3.71. The molecule has 3 heterocycles. The number of benzene rings is 3. The fourth-order valence-corrected chi connectivity index (χ4v) is 6.90. The third-order valence-corrected chi connectivity index (χ3v) is 10.0. The van der Waals surface area contributed by atoms with E-state index < -0.39 is 21.8 Å². The van der Waals surface area contributed by atoms with Gasteiger partial charge in [-0.3, -0.25) is 14.5 Å². The summed E-state index contributed by atoms with van der Waals surface area (Å²) < 4.78 is 40.1. The van der Waals surface area contributed by atoms with Crippen molar-refractivity contribution in [2.75, 3.05) is 33.4 Å². The van der Waals surface area contributed by atoms with Crippen molar-refractivity contribution in [1.82, 2.24) is 19.0 Å². The molecule has 6 rings (SSSR count). The molecule has 0 spiro atoms. The summed E-state index contributed by atoms with van der Waals surface area (Å²) in [5.41, 5.74) is 3.40. The van der Waals surface area contributed by atoms with Crippen molar-refractivity contribution >= 4 is 27.9 Å². The third-order valence-electron chi connectivity index (χ3n) is 8.12. The lowest BCUT2D eigenvalue weighted by molar-refractivity contribution is -0.141. The number of para-hydroxylation sites is 1. The molecule has 0 atom stereocenters. The Kier molecular flexibility index (Phi) is 8.86. The number of aromatic nitrogens is 2. The van der Waals surface area contributed by atoms with Crippen LogP contribution in [-0.2, 0) is 30.9 Å². The molecule has 0 aliphatic carbocycles. The Morgan fingerprint density at radius 3 is 2.28 bits per heavy atom. The van der Waals surface area contributed by atoms with Gasteiger partial charge in [-0.1, -0.05) is 42.5 Å². The standard InChI is InChI=1S/C35H31N5O6S/c1-24-31(34(41)39(35(42)32(24)21-36)22-25-8-12-29(45-2)13-9-25)20-27-23-40(28-6-4-3-5-7-28)37-33(27)26-10-14-30(15-11-26)47(43,44)38-16-18-46-19-17-38/h3-15,20,23H,16-19,22H2,1-2H3/b31-20+. The molecule has 0 N–H and O–H groups in total. The molecular formula is C35H31N5O6S. The molecular weight excluding hydrogens is 618 g/mol. The molecule has 2 aliphatic rings. The number of rotatable bonds is 8. The largest absolute Gasteiger partial charge is 0.497 e. The van der Waals surface area contributed by atoms with E-state index in [4.69, 9.17) is 14.6 Å². The summed E-state index contributed by atoms with van der Waals surface area (Å²) in [5, 5.41) is 14.8. The first kappa shape index (κ1) is 31.6. The average Bonchev–Trinajstić information content (AvgIpc) is 3.54. The number of carbonyl (C=O) groups is 2. The Labute approximate surface area is 272 Å². The average molecular weight is 650 g/mol. The minimum Gasteiger partial charge on any atom is -0.497 e.